The van der Waals surface area contributed by atoms with Gasteiger partial charge in [0.2, 0.25) is 5.91 Å². The number of alkyl carbamates (subject to hydrolysis) is 1. The van der Waals surface area contributed by atoms with Crippen molar-refractivity contribution in [3.63, 3.8) is 0 Å². The Balaban J connectivity index is 1.62. The van der Waals surface area contributed by atoms with Gasteiger partial charge in [-0.15, -0.1) is 6.42 Å². The molecule has 0 fully saturated rings. The number of carbonyl (C=O) groups excluding carboxylic acids is 3. The number of hydrogen-bond acceptors (Lipinski definition) is 9. The molecule has 3 N–H and O–H groups in total. The molecule has 0 bridgehead atoms. The van der Waals surface area contributed by atoms with Gasteiger partial charge in [0.05, 0.1) is 6.33 Å². The standard InChI is InChI=1S/C26H29N7O7/c1-5-17-6-8-18(9-7-17)14-39-25(38)31-22-21-23(29-15-28-22)33(16-30-21)12-19(34)32(13-20(35)36)11-10-27-24(37)40-26(2,3)4/h1,6-9,15-16H,10-14H2,2-4H3,(H,27,37)(H,35,36)(H,28,29,31,38). The van der Waals surface area contributed by atoms with Crippen molar-refractivity contribution in [1.29, 1.82) is 0 Å². The van der Waals surface area contributed by atoms with Crippen LogP contribution in [0.25, 0.3) is 11.2 Å². The summed E-state index contributed by atoms with van der Waals surface area (Å²) in [5.41, 5.74) is 1.16. The zero-order valence-electron chi connectivity index (χ0n) is 22.2. The number of carboxylic acids is 1. The van der Waals surface area contributed by atoms with Gasteiger partial charge < -0.3 is 29.4 Å². The van der Waals surface area contributed by atoms with Gasteiger partial charge in [0, 0.05) is 18.7 Å². The first kappa shape index (κ1) is 29.4. The number of aliphatic carboxylic acids is 1. The predicted octanol–water partition coefficient (Wildman–Crippen LogP) is 1.99. The van der Waals surface area contributed by atoms with Crippen molar-refractivity contribution in [3.8, 4) is 12.3 Å². The molecule has 0 aliphatic carbocycles. The summed E-state index contributed by atoms with van der Waals surface area (Å²) in [5.74, 6) is 0.785. The number of carbonyl (C=O) groups is 4. The average Bonchev–Trinajstić information content (AvgIpc) is 3.29. The van der Waals surface area contributed by atoms with E-state index in [0.29, 0.717) is 5.56 Å². The minimum Gasteiger partial charge on any atom is -0.480 e. The van der Waals surface area contributed by atoms with Gasteiger partial charge in [-0.2, -0.15) is 0 Å². The molecular formula is C26H29N7O7. The Kier molecular flexibility index (Phi) is 9.58. The summed E-state index contributed by atoms with van der Waals surface area (Å²) in [6.07, 6.45) is 6.36. The molecule has 3 amide bonds. The van der Waals surface area contributed by atoms with Crippen LogP contribution >= 0.6 is 0 Å². The summed E-state index contributed by atoms with van der Waals surface area (Å²) in [4.78, 5) is 61.9. The second-order valence-electron chi connectivity index (χ2n) is 9.45. The average molecular weight is 552 g/mol. The number of carboxylic acid groups (broad SMARTS) is 1. The van der Waals surface area contributed by atoms with Crippen LogP contribution in [-0.2, 0) is 32.2 Å². The van der Waals surface area contributed by atoms with Crippen molar-refractivity contribution >= 4 is 41.0 Å². The van der Waals surface area contributed by atoms with Crippen molar-refractivity contribution in [1.82, 2.24) is 29.7 Å². The van der Waals surface area contributed by atoms with Crippen LogP contribution in [0.15, 0.2) is 36.9 Å². The number of nitrogens with one attached hydrogen (secondary N) is 2. The highest BCUT2D eigenvalue weighted by atomic mass is 16.6. The number of rotatable bonds is 10. The highest BCUT2D eigenvalue weighted by Crippen LogP contribution is 2.18. The molecule has 0 saturated heterocycles. The molecule has 1 aromatic carbocycles. The Morgan fingerprint density at radius 2 is 1.82 bits per heavy atom. The summed E-state index contributed by atoms with van der Waals surface area (Å²) in [5, 5.41) is 14.2. The Morgan fingerprint density at radius 3 is 2.48 bits per heavy atom. The number of nitrogens with zero attached hydrogens (tertiary/aromatic N) is 5. The van der Waals surface area contributed by atoms with E-state index < -0.39 is 36.2 Å². The molecule has 0 aliphatic heterocycles. The Morgan fingerprint density at radius 1 is 1.10 bits per heavy atom. The van der Waals surface area contributed by atoms with Gasteiger partial charge in [0.25, 0.3) is 0 Å². The van der Waals surface area contributed by atoms with Crippen LogP contribution in [0.3, 0.4) is 0 Å². The maximum absolute atomic E-state index is 12.9. The minimum atomic E-state index is -1.22. The quantitative estimate of drug-likeness (QED) is 0.316. The normalized spacial score (nSPS) is 10.8. The molecule has 210 valence electrons. The summed E-state index contributed by atoms with van der Waals surface area (Å²) in [6.45, 7) is 4.13. The largest absolute Gasteiger partial charge is 0.480 e. The Labute approximate surface area is 229 Å². The molecule has 14 heteroatoms. The molecule has 0 aliphatic rings. The molecule has 0 spiro atoms. The SMILES string of the molecule is C#Cc1ccc(COC(=O)Nc2ncnc3c2ncn3CC(=O)N(CCNC(=O)OC(C)(C)C)CC(=O)O)cc1. The van der Waals surface area contributed by atoms with E-state index in [2.05, 4.69) is 31.5 Å². The molecule has 2 aromatic heterocycles. The van der Waals surface area contributed by atoms with E-state index in [0.717, 1.165) is 10.5 Å². The van der Waals surface area contributed by atoms with E-state index in [1.54, 1.807) is 45.0 Å². The number of terminal acetylenes is 1. The lowest BCUT2D eigenvalue weighted by Gasteiger charge is -2.23. The lowest BCUT2D eigenvalue weighted by Crippen LogP contribution is -2.43. The number of ether oxygens (including phenoxy) is 2. The molecular weight excluding hydrogens is 522 g/mol. The first-order valence-electron chi connectivity index (χ1n) is 12.1. The Hall–Kier alpha value is -5.19. The van der Waals surface area contributed by atoms with E-state index in [9.17, 15) is 24.3 Å². The van der Waals surface area contributed by atoms with Crippen molar-refractivity contribution in [2.75, 3.05) is 25.0 Å². The minimum absolute atomic E-state index is 0.00392. The fourth-order valence-corrected chi connectivity index (χ4v) is 3.37. The lowest BCUT2D eigenvalue weighted by atomic mass is 10.1. The van der Waals surface area contributed by atoms with Crippen molar-refractivity contribution in [2.24, 2.45) is 0 Å². The Bertz CT molecular complexity index is 1420. The number of hydrogen-bond donors (Lipinski definition) is 3. The third-order valence-corrected chi connectivity index (χ3v) is 5.15. The van der Waals surface area contributed by atoms with Gasteiger partial charge in [0.15, 0.2) is 17.0 Å². The van der Waals surface area contributed by atoms with Gasteiger partial charge in [0.1, 0.15) is 31.6 Å². The molecule has 3 aromatic rings. The van der Waals surface area contributed by atoms with E-state index in [1.165, 1.54) is 17.2 Å². The molecule has 0 saturated carbocycles. The van der Waals surface area contributed by atoms with Crippen LogP contribution in [0.1, 0.15) is 31.9 Å². The smallest absolute Gasteiger partial charge is 0.413 e. The van der Waals surface area contributed by atoms with Crippen LogP contribution in [0, 0.1) is 12.3 Å². The van der Waals surface area contributed by atoms with Gasteiger partial charge in [-0.05, 0) is 38.5 Å². The summed E-state index contributed by atoms with van der Waals surface area (Å²) in [6, 6.07) is 6.94. The van der Waals surface area contributed by atoms with Crippen LogP contribution in [-0.4, -0.2) is 78.8 Å². The third kappa shape index (κ3) is 8.69. The van der Waals surface area contributed by atoms with Gasteiger partial charge >= 0.3 is 18.2 Å². The zero-order valence-corrected chi connectivity index (χ0v) is 22.2. The summed E-state index contributed by atoms with van der Waals surface area (Å²) < 4.78 is 11.7. The van der Waals surface area contributed by atoms with Crippen molar-refractivity contribution < 1.29 is 33.8 Å². The van der Waals surface area contributed by atoms with Gasteiger partial charge in [-0.25, -0.2) is 24.5 Å². The van der Waals surface area contributed by atoms with Crippen molar-refractivity contribution in [2.45, 2.75) is 39.5 Å². The second-order valence-corrected chi connectivity index (χ2v) is 9.45. The maximum Gasteiger partial charge on any atom is 0.413 e. The highest BCUT2D eigenvalue weighted by molar-refractivity contribution is 5.93. The molecule has 14 nitrogen and oxygen atoms in total. The summed E-state index contributed by atoms with van der Waals surface area (Å²) in [7, 11) is 0. The lowest BCUT2D eigenvalue weighted by molar-refractivity contribution is -0.144. The number of imidazole rings is 1. The molecule has 40 heavy (non-hydrogen) atoms. The number of amides is 3. The number of fused-ring (bicyclic) bond motifs is 1. The number of anilines is 1. The first-order valence-corrected chi connectivity index (χ1v) is 12.1. The molecule has 3 rings (SSSR count). The highest BCUT2D eigenvalue weighted by Gasteiger charge is 2.21. The van der Waals surface area contributed by atoms with Gasteiger partial charge in [-0.3, -0.25) is 14.9 Å². The molecule has 0 unspecified atom stereocenters. The molecule has 2 heterocycles. The van der Waals surface area contributed by atoms with Crippen molar-refractivity contribution in [3.05, 3.63) is 48.0 Å². The topological polar surface area (TPSA) is 178 Å². The number of benzene rings is 1. The van der Waals surface area contributed by atoms with Crippen LogP contribution < -0.4 is 10.6 Å². The number of aromatic nitrogens is 4. The summed E-state index contributed by atoms with van der Waals surface area (Å²) >= 11 is 0. The van der Waals surface area contributed by atoms with Crippen LogP contribution in [0.2, 0.25) is 0 Å². The van der Waals surface area contributed by atoms with E-state index in [4.69, 9.17) is 15.9 Å². The molecule has 0 radical (unpaired) electrons. The monoisotopic (exact) mass is 551 g/mol. The van der Waals surface area contributed by atoms with Crippen LogP contribution in [0.4, 0.5) is 15.4 Å². The van der Waals surface area contributed by atoms with E-state index in [1.807, 2.05) is 0 Å². The van der Waals surface area contributed by atoms with Gasteiger partial charge in [-0.1, -0.05) is 18.1 Å². The predicted molar refractivity (Wildman–Crippen MR) is 142 cm³/mol. The maximum atomic E-state index is 12.9. The molecule has 0 atom stereocenters. The van der Waals surface area contributed by atoms with E-state index in [-0.39, 0.29) is 43.2 Å². The van der Waals surface area contributed by atoms with E-state index >= 15 is 0 Å². The van der Waals surface area contributed by atoms with Crippen LogP contribution in [0.5, 0.6) is 0 Å². The second kappa shape index (κ2) is 13.1. The fraction of sp³-hybridized carbons (Fsp3) is 0.346. The fourth-order valence-electron chi connectivity index (χ4n) is 3.37. The first-order chi connectivity index (χ1) is 18.9. The zero-order chi connectivity index (χ0) is 29.3. The third-order valence-electron chi connectivity index (χ3n) is 5.15.